The van der Waals surface area contributed by atoms with Gasteiger partial charge in [0.15, 0.2) is 0 Å². The monoisotopic (exact) mass is 356 g/mol. The van der Waals surface area contributed by atoms with Crippen molar-refractivity contribution in [1.82, 2.24) is 9.78 Å². The van der Waals surface area contributed by atoms with Crippen molar-refractivity contribution in [2.24, 2.45) is 24.3 Å². The number of hydrogen-bond donors (Lipinski definition) is 1. The van der Waals surface area contributed by atoms with Crippen LogP contribution in [0.25, 0.3) is 0 Å². The van der Waals surface area contributed by atoms with Gasteiger partial charge in [-0.2, -0.15) is 5.10 Å². The first-order valence-corrected chi connectivity index (χ1v) is 8.47. The molecule has 1 heterocycles. The number of aromatic nitrogens is 2. The quantitative estimate of drug-likeness (QED) is 0.888. The molecule has 21 heavy (non-hydrogen) atoms. The van der Waals surface area contributed by atoms with Crippen molar-refractivity contribution in [3.05, 3.63) is 15.9 Å². The number of aliphatic carboxylic acids is 1. The van der Waals surface area contributed by atoms with Gasteiger partial charge in [-0.1, -0.05) is 13.8 Å². The molecule has 1 N–H and O–H groups in total. The van der Waals surface area contributed by atoms with Crippen molar-refractivity contribution < 1.29 is 9.90 Å². The molecule has 0 bridgehead atoms. The van der Waals surface area contributed by atoms with Crippen LogP contribution in [0.3, 0.4) is 0 Å². The first-order valence-electron chi connectivity index (χ1n) is 7.68. The van der Waals surface area contributed by atoms with Crippen LogP contribution in [0.2, 0.25) is 0 Å². The van der Waals surface area contributed by atoms with E-state index in [1.165, 1.54) is 0 Å². The molecule has 1 aromatic heterocycles. The lowest BCUT2D eigenvalue weighted by Gasteiger charge is -2.38. The van der Waals surface area contributed by atoms with Crippen LogP contribution in [0.4, 0.5) is 0 Å². The van der Waals surface area contributed by atoms with E-state index in [9.17, 15) is 9.90 Å². The van der Waals surface area contributed by atoms with Gasteiger partial charge in [-0.25, -0.2) is 0 Å². The van der Waals surface area contributed by atoms with Crippen molar-refractivity contribution in [1.29, 1.82) is 0 Å². The Balaban J connectivity index is 2.23. The highest BCUT2D eigenvalue weighted by atomic mass is 79.9. The maximum atomic E-state index is 11.9. The fraction of sp³-hybridized carbons (Fsp3) is 0.750. The number of hydrogen-bond acceptors (Lipinski definition) is 2. The highest BCUT2D eigenvalue weighted by Crippen LogP contribution is 2.44. The Morgan fingerprint density at radius 1 is 1.48 bits per heavy atom. The standard InChI is InChI=1S/C16H25BrN2O2/c1-10(2)12-5-7-16(8-6-12,15(20)21)9-13-14(17)11(3)18-19(13)4/h10,12H,5-9H2,1-4H3,(H,20,21). The molecule has 1 aliphatic carbocycles. The van der Waals surface area contributed by atoms with Crippen LogP contribution in [0.1, 0.15) is 50.9 Å². The van der Waals surface area contributed by atoms with Crippen LogP contribution in [0, 0.1) is 24.2 Å². The molecule has 1 aliphatic rings. The number of carbonyl (C=O) groups is 1. The van der Waals surface area contributed by atoms with E-state index in [1.807, 2.05) is 18.7 Å². The van der Waals surface area contributed by atoms with Crippen molar-refractivity contribution in [2.45, 2.75) is 52.9 Å². The predicted molar refractivity (Wildman–Crippen MR) is 86.2 cm³/mol. The van der Waals surface area contributed by atoms with Gasteiger partial charge in [0.05, 0.1) is 21.3 Å². The Morgan fingerprint density at radius 3 is 2.43 bits per heavy atom. The van der Waals surface area contributed by atoms with E-state index in [1.54, 1.807) is 0 Å². The molecule has 0 radical (unpaired) electrons. The molecule has 0 unspecified atom stereocenters. The molecule has 0 aromatic carbocycles. The van der Waals surface area contributed by atoms with E-state index in [2.05, 4.69) is 34.9 Å². The van der Waals surface area contributed by atoms with Gasteiger partial charge in [-0.05, 0) is 60.4 Å². The number of carboxylic acids is 1. The Bertz CT molecular complexity index is 529. The molecule has 0 atom stereocenters. The Morgan fingerprint density at radius 2 is 2.05 bits per heavy atom. The second-order valence-electron chi connectivity index (χ2n) is 6.81. The van der Waals surface area contributed by atoms with E-state index in [-0.39, 0.29) is 0 Å². The number of rotatable bonds is 4. The van der Waals surface area contributed by atoms with Crippen molar-refractivity contribution >= 4 is 21.9 Å². The number of carboxylic acid groups (broad SMARTS) is 1. The zero-order valence-corrected chi connectivity index (χ0v) is 14.9. The van der Waals surface area contributed by atoms with Crippen molar-refractivity contribution in [3.8, 4) is 0 Å². The van der Waals surface area contributed by atoms with Crippen LogP contribution < -0.4 is 0 Å². The molecule has 1 saturated carbocycles. The normalized spacial score (nSPS) is 26.3. The molecule has 0 saturated heterocycles. The zero-order chi connectivity index (χ0) is 15.8. The fourth-order valence-corrected chi connectivity index (χ4v) is 3.99. The lowest BCUT2D eigenvalue weighted by Crippen LogP contribution is -2.38. The van der Waals surface area contributed by atoms with Crippen LogP contribution in [-0.4, -0.2) is 20.9 Å². The highest BCUT2D eigenvalue weighted by Gasteiger charge is 2.43. The summed E-state index contributed by atoms with van der Waals surface area (Å²) in [4.78, 5) is 11.9. The first-order chi connectivity index (χ1) is 9.77. The molecule has 118 valence electrons. The average Bonchev–Trinajstić information content (AvgIpc) is 2.65. The molecule has 0 aliphatic heterocycles. The van der Waals surface area contributed by atoms with Crippen LogP contribution >= 0.6 is 15.9 Å². The third-order valence-electron chi connectivity index (χ3n) is 5.15. The Hall–Kier alpha value is -0.840. The molecule has 0 amide bonds. The fourth-order valence-electron chi connectivity index (χ4n) is 3.52. The largest absolute Gasteiger partial charge is 0.481 e. The van der Waals surface area contributed by atoms with Crippen molar-refractivity contribution in [3.63, 3.8) is 0 Å². The summed E-state index contributed by atoms with van der Waals surface area (Å²) in [6, 6.07) is 0. The topological polar surface area (TPSA) is 55.1 Å². The number of nitrogens with zero attached hydrogens (tertiary/aromatic N) is 2. The van der Waals surface area contributed by atoms with Gasteiger partial charge in [0.1, 0.15) is 0 Å². The molecular weight excluding hydrogens is 332 g/mol. The van der Waals surface area contributed by atoms with Gasteiger partial charge in [0, 0.05) is 13.5 Å². The second kappa shape index (κ2) is 6.11. The SMILES string of the molecule is Cc1nn(C)c(CC2(C(=O)O)CCC(C(C)C)CC2)c1Br. The second-order valence-corrected chi connectivity index (χ2v) is 7.61. The van der Waals surface area contributed by atoms with Crippen LogP contribution in [0.15, 0.2) is 4.47 Å². The van der Waals surface area contributed by atoms with Gasteiger partial charge >= 0.3 is 5.97 Å². The molecule has 1 fully saturated rings. The van der Waals surface area contributed by atoms with Gasteiger partial charge in [0.2, 0.25) is 0 Å². The minimum atomic E-state index is -0.657. The maximum absolute atomic E-state index is 11.9. The van der Waals surface area contributed by atoms with Gasteiger partial charge in [-0.3, -0.25) is 9.48 Å². The number of halogens is 1. The van der Waals surface area contributed by atoms with Crippen LogP contribution in [0.5, 0.6) is 0 Å². The molecule has 2 rings (SSSR count). The zero-order valence-electron chi connectivity index (χ0n) is 13.3. The van der Waals surface area contributed by atoms with E-state index in [0.29, 0.717) is 18.3 Å². The third kappa shape index (κ3) is 3.17. The molecule has 4 nitrogen and oxygen atoms in total. The average molecular weight is 357 g/mol. The van der Waals surface area contributed by atoms with Crippen LogP contribution in [-0.2, 0) is 18.3 Å². The Labute approximate surface area is 135 Å². The van der Waals surface area contributed by atoms with Gasteiger partial charge < -0.3 is 5.11 Å². The summed E-state index contributed by atoms with van der Waals surface area (Å²) >= 11 is 3.56. The minimum Gasteiger partial charge on any atom is -0.481 e. The van der Waals surface area contributed by atoms with Gasteiger partial charge in [-0.15, -0.1) is 0 Å². The summed E-state index contributed by atoms with van der Waals surface area (Å²) in [7, 11) is 1.89. The molecule has 1 aromatic rings. The molecule has 5 heteroatoms. The van der Waals surface area contributed by atoms with Crippen molar-refractivity contribution in [2.75, 3.05) is 0 Å². The summed E-state index contributed by atoms with van der Waals surface area (Å²) in [6.07, 6.45) is 4.12. The predicted octanol–water partition coefficient (Wildman–Crippen LogP) is 3.95. The Kier molecular flexibility index (Phi) is 4.81. The number of aryl methyl sites for hydroxylation is 2. The minimum absolute atomic E-state index is 0.561. The molecular formula is C16H25BrN2O2. The lowest BCUT2D eigenvalue weighted by atomic mass is 9.66. The van der Waals surface area contributed by atoms with E-state index in [0.717, 1.165) is 41.5 Å². The summed E-state index contributed by atoms with van der Waals surface area (Å²) in [5.74, 6) is 0.645. The summed E-state index contributed by atoms with van der Waals surface area (Å²) in [6.45, 7) is 6.41. The first kappa shape index (κ1) is 16.5. The summed E-state index contributed by atoms with van der Waals surface area (Å²) < 4.78 is 2.77. The summed E-state index contributed by atoms with van der Waals surface area (Å²) in [5, 5.41) is 14.2. The van der Waals surface area contributed by atoms with E-state index >= 15 is 0 Å². The third-order valence-corrected chi connectivity index (χ3v) is 6.18. The van der Waals surface area contributed by atoms with E-state index in [4.69, 9.17) is 0 Å². The highest BCUT2D eigenvalue weighted by molar-refractivity contribution is 9.10. The maximum Gasteiger partial charge on any atom is 0.310 e. The summed E-state index contributed by atoms with van der Waals surface area (Å²) in [5.41, 5.74) is 1.29. The lowest BCUT2D eigenvalue weighted by molar-refractivity contribution is -0.152. The van der Waals surface area contributed by atoms with Gasteiger partial charge in [0.25, 0.3) is 0 Å². The van der Waals surface area contributed by atoms with E-state index < -0.39 is 11.4 Å². The molecule has 0 spiro atoms. The smallest absolute Gasteiger partial charge is 0.310 e.